The molecule has 33 heavy (non-hydrogen) atoms. The van der Waals surface area contributed by atoms with Crippen LogP contribution in [0.25, 0.3) is 11.0 Å². The van der Waals surface area contributed by atoms with Gasteiger partial charge in [0.1, 0.15) is 12.6 Å². The molecule has 1 saturated carbocycles. The van der Waals surface area contributed by atoms with Gasteiger partial charge < -0.3 is 25.6 Å². The van der Waals surface area contributed by atoms with Crippen LogP contribution in [-0.4, -0.2) is 58.6 Å². The van der Waals surface area contributed by atoms with Gasteiger partial charge in [0, 0.05) is 19.0 Å². The largest absolute Gasteiger partial charge is 0.761 e. The predicted molar refractivity (Wildman–Crippen MR) is 119 cm³/mol. The molecular weight excluding hydrogens is 430 g/mol. The lowest BCUT2D eigenvalue weighted by Gasteiger charge is -2.34. The molecule has 4 rings (SSSR count). The fourth-order valence-corrected chi connectivity index (χ4v) is 4.63. The van der Waals surface area contributed by atoms with Crippen molar-refractivity contribution in [3.05, 3.63) is 17.3 Å². The number of benzene rings is 1. The highest BCUT2D eigenvalue weighted by molar-refractivity contribution is 6.37. The van der Waals surface area contributed by atoms with Crippen LogP contribution in [-0.2, 0) is 19.1 Å². The normalized spacial score (nSPS) is 19.3. The highest BCUT2D eigenvalue weighted by Crippen LogP contribution is 2.28. The van der Waals surface area contributed by atoms with E-state index in [0.29, 0.717) is 29.7 Å². The number of Topliss-reactive ketones (excluding diaryl/α,β-unsaturated/α-hetero) is 1. The zero-order valence-corrected chi connectivity index (χ0v) is 18.4. The van der Waals surface area contributed by atoms with Crippen molar-refractivity contribution in [3.8, 4) is 0 Å². The number of carbonyl (C=O) groups is 3. The number of fused-ring (bicyclic) bond motifs is 1. The number of hydrogen-bond acceptors (Lipinski definition) is 10. The third-order valence-corrected chi connectivity index (χ3v) is 6.41. The highest BCUT2D eigenvalue weighted by Gasteiger charge is 2.38. The summed E-state index contributed by atoms with van der Waals surface area (Å²) in [7, 11) is 0. The fraction of sp³-hybridized carbons (Fsp3) is 0.591. The second-order valence-electron chi connectivity index (χ2n) is 8.53. The maximum absolute atomic E-state index is 12.9. The van der Waals surface area contributed by atoms with Crippen molar-refractivity contribution in [2.45, 2.75) is 57.4 Å². The summed E-state index contributed by atoms with van der Waals surface area (Å²) >= 11 is 0. The second-order valence-corrected chi connectivity index (χ2v) is 8.53. The van der Waals surface area contributed by atoms with Gasteiger partial charge in [-0.2, -0.15) is 0 Å². The Morgan fingerprint density at radius 1 is 1.03 bits per heavy atom. The molecule has 1 aromatic carbocycles. The minimum absolute atomic E-state index is 0.0578. The number of carbonyl (C=O) groups excluding carboxylic acids is 3. The first-order chi connectivity index (χ1) is 16.1. The summed E-state index contributed by atoms with van der Waals surface area (Å²) in [6, 6.07) is 2.46. The van der Waals surface area contributed by atoms with Gasteiger partial charge in [-0.3, -0.25) is 9.59 Å². The minimum Gasteiger partial charge on any atom is -0.761 e. The average Bonchev–Trinajstić information content (AvgIpc) is 3.36. The minimum atomic E-state index is -0.729. The summed E-state index contributed by atoms with van der Waals surface area (Å²) in [4.78, 5) is 39.8. The van der Waals surface area contributed by atoms with Crippen LogP contribution in [0.3, 0.4) is 0 Å². The molecular formula is C22H28N5O6-. The van der Waals surface area contributed by atoms with Crippen LogP contribution in [0, 0.1) is 11.1 Å². The van der Waals surface area contributed by atoms with Crippen LogP contribution < -0.4 is 10.8 Å². The Labute approximate surface area is 190 Å². The van der Waals surface area contributed by atoms with Crippen LogP contribution >= 0.6 is 0 Å². The quantitative estimate of drug-likeness (QED) is 0.261. The molecule has 1 aliphatic heterocycles. The second kappa shape index (κ2) is 10.6. The maximum Gasteiger partial charge on any atom is 0.328 e. The van der Waals surface area contributed by atoms with E-state index in [-0.39, 0.29) is 30.5 Å². The number of rotatable bonds is 8. The Morgan fingerprint density at radius 3 is 2.48 bits per heavy atom. The number of amides is 1. The number of ketones is 1. The van der Waals surface area contributed by atoms with Crippen molar-refractivity contribution in [1.82, 2.24) is 15.2 Å². The van der Waals surface area contributed by atoms with Crippen molar-refractivity contribution in [2.24, 2.45) is 5.92 Å². The summed E-state index contributed by atoms with van der Waals surface area (Å²) in [5.74, 6) is -1.63. The first-order valence-electron chi connectivity index (χ1n) is 11.5. The van der Waals surface area contributed by atoms with Gasteiger partial charge >= 0.3 is 5.97 Å². The Morgan fingerprint density at radius 2 is 1.73 bits per heavy atom. The summed E-state index contributed by atoms with van der Waals surface area (Å²) in [5, 5.41) is 21.5. The molecule has 2 fully saturated rings. The number of nitrogens with zero attached hydrogens (tertiary/aromatic N) is 3. The van der Waals surface area contributed by atoms with Crippen molar-refractivity contribution >= 4 is 40.1 Å². The van der Waals surface area contributed by atoms with Gasteiger partial charge in [0.15, 0.2) is 11.0 Å². The monoisotopic (exact) mass is 458 g/mol. The number of piperidine rings is 1. The van der Waals surface area contributed by atoms with Crippen molar-refractivity contribution in [1.29, 1.82) is 0 Å². The van der Waals surface area contributed by atoms with Gasteiger partial charge in [0.05, 0.1) is 11.4 Å². The van der Waals surface area contributed by atoms with Crippen molar-refractivity contribution in [3.63, 3.8) is 0 Å². The number of likely N-dealkylation sites (tertiary alicyclic amines) is 1. The van der Waals surface area contributed by atoms with Gasteiger partial charge in [0.25, 0.3) is 5.91 Å². The summed E-state index contributed by atoms with van der Waals surface area (Å²) in [6.45, 7) is 0.730. The Balaban J connectivity index is 1.31. The van der Waals surface area contributed by atoms with E-state index in [4.69, 9.17) is 9.37 Å². The zero-order chi connectivity index (χ0) is 23.2. The van der Waals surface area contributed by atoms with Crippen molar-refractivity contribution in [2.75, 3.05) is 30.5 Å². The molecule has 1 amide bonds. The number of hydrogen-bond donors (Lipinski definition) is 2. The third kappa shape index (κ3) is 5.08. The van der Waals surface area contributed by atoms with Gasteiger partial charge in [-0.1, -0.05) is 19.3 Å². The van der Waals surface area contributed by atoms with E-state index >= 15 is 0 Å². The van der Waals surface area contributed by atoms with Crippen LogP contribution in [0.2, 0.25) is 0 Å². The lowest BCUT2D eigenvalue weighted by Crippen LogP contribution is -2.52. The van der Waals surface area contributed by atoms with E-state index in [9.17, 15) is 19.6 Å². The SMILES string of the molecule is O=C(C(=O)N1CCCCC1C(=O)OCCNc1ccc(N[O-])c2nonc12)C1CCCCC1. The van der Waals surface area contributed by atoms with E-state index in [2.05, 4.69) is 15.6 Å². The fourth-order valence-electron chi connectivity index (χ4n) is 4.63. The highest BCUT2D eigenvalue weighted by atomic mass is 16.6. The Kier molecular flexibility index (Phi) is 7.38. The maximum atomic E-state index is 12.9. The molecule has 2 heterocycles. The van der Waals surface area contributed by atoms with Crippen LogP contribution in [0.4, 0.5) is 11.4 Å². The molecule has 2 N–H and O–H groups in total. The smallest absolute Gasteiger partial charge is 0.328 e. The van der Waals surface area contributed by atoms with E-state index < -0.39 is 17.9 Å². The molecule has 178 valence electrons. The standard InChI is InChI=1S/C22H28N5O6/c28-20(14-6-2-1-3-7-14)21(29)27-12-5-4-8-17(27)22(30)32-13-11-23-15-9-10-16(24-31)19-18(15)25-33-26-19/h9-10,14,17,23-24H,1-8,11-13H2/q-1. The molecule has 1 atom stereocenters. The number of esters is 1. The summed E-state index contributed by atoms with van der Waals surface area (Å²) in [5.41, 5.74) is 3.28. The summed E-state index contributed by atoms with van der Waals surface area (Å²) < 4.78 is 10.1. The molecule has 1 saturated heterocycles. The topological polar surface area (TPSA) is 150 Å². The Bertz CT molecular complexity index is 1000. The number of ether oxygens (including phenoxy) is 1. The summed E-state index contributed by atoms with van der Waals surface area (Å²) in [6.07, 6.45) is 6.60. The molecule has 2 aromatic rings. The molecule has 2 aliphatic rings. The predicted octanol–water partition coefficient (Wildman–Crippen LogP) is 2.62. The van der Waals surface area contributed by atoms with Crippen LogP contribution in [0.5, 0.6) is 0 Å². The zero-order valence-electron chi connectivity index (χ0n) is 18.4. The number of anilines is 2. The Hall–Kier alpha value is -3.21. The molecule has 11 heteroatoms. The van der Waals surface area contributed by atoms with Gasteiger partial charge in [0.2, 0.25) is 5.78 Å². The molecule has 0 radical (unpaired) electrons. The van der Waals surface area contributed by atoms with Crippen molar-refractivity contribution < 1.29 is 23.7 Å². The van der Waals surface area contributed by atoms with E-state index in [0.717, 1.165) is 44.9 Å². The molecule has 1 aliphatic carbocycles. The number of aromatic nitrogens is 2. The molecule has 0 bridgehead atoms. The van der Waals surface area contributed by atoms with E-state index in [1.54, 1.807) is 17.6 Å². The lowest BCUT2D eigenvalue weighted by molar-refractivity contribution is -0.159. The lowest BCUT2D eigenvalue weighted by atomic mass is 9.85. The first kappa shape index (κ1) is 23.0. The number of nitrogens with one attached hydrogen (secondary N) is 2. The average molecular weight is 458 g/mol. The third-order valence-electron chi connectivity index (χ3n) is 6.41. The molecule has 1 unspecified atom stereocenters. The van der Waals surface area contributed by atoms with Crippen LogP contribution in [0.1, 0.15) is 51.4 Å². The van der Waals surface area contributed by atoms with Gasteiger partial charge in [-0.25, -0.2) is 9.42 Å². The van der Waals surface area contributed by atoms with Gasteiger partial charge in [-0.05, 0) is 54.6 Å². The van der Waals surface area contributed by atoms with E-state index in [1.165, 1.54) is 4.90 Å². The first-order valence-corrected chi connectivity index (χ1v) is 11.5. The van der Waals surface area contributed by atoms with Crippen LogP contribution in [0.15, 0.2) is 16.8 Å². The van der Waals surface area contributed by atoms with E-state index in [1.807, 2.05) is 0 Å². The molecule has 11 nitrogen and oxygen atoms in total. The van der Waals surface area contributed by atoms with Gasteiger partial charge in [-0.15, -0.1) is 0 Å². The molecule has 1 aromatic heterocycles. The molecule has 0 spiro atoms.